The molecule has 3 heterocycles. The van der Waals surface area contributed by atoms with Crippen molar-refractivity contribution < 1.29 is 4.79 Å². The predicted molar refractivity (Wildman–Crippen MR) is 82.5 cm³/mol. The molecule has 0 aliphatic rings. The Morgan fingerprint density at radius 2 is 2.18 bits per heavy atom. The predicted octanol–water partition coefficient (Wildman–Crippen LogP) is 1.39. The molecule has 0 spiro atoms. The first-order chi connectivity index (χ1) is 10.7. The maximum Gasteiger partial charge on any atom is 0.269 e. The first-order valence-corrected chi connectivity index (χ1v) is 7.29. The Morgan fingerprint density at radius 3 is 2.91 bits per heavy atom. The minimum Gasteiger partial charge on any atom is -0.349 e. The van der Waals surface area contributed by atoms with Crippen LogP contribution in [0.25, 0.3) is 11.0 Å². The van der Waals surface area contributed by atoms with E-state index in [0.29, 0.717) is 18.8 Å². The van der Waals surface area contributed by atoms with Crippen LogP contribution in [0, 0.1) is 6.92 Å². The lowest BCUT2D eigenvalue weighted by atomic mass is 10.3. The maximum absolute atomic E-state index is 11.9. The first-order valence-electron chi connectivity index (χ1n) is 7.29. The fourth-order valence-electron chi connectivity index (χ4n) is 2.49. The molecule has 3 aromatic rings. The van der Waals surface area contributed by atoms with Crippen molar-refractivity contribution in [1.29, 1.82) is 0 Å². The summed E-state index contributed by atoms with van der Waals surface area (Å²) in [5, 5.41) is 11.7. The van der Waals surface area contributed by atoms with Gasteiger partial charge in [-0.2, -0.15) is 10.2 Å². The van der Waals surface area contributed by atoms with Gasteiger partial charge in [-0.3, -0.25) is 19.1 Å². The lowest BCUT2D eigenvalue weighted by molar-refractivity contribution is 0.0947. The Kier molecular flexibility index (Phi) is 3.86. The molecule has 22 heavy (non-hydrogen) atoms. The van der Waals surface area contributed by atoms with Crippen LogP contribution >= 0.6 is 0 Å². The second-order valence-electron chi connectivity index (χ2n) is 4.97. The van der Waals surface area contributed by atoms with E-state index in [-0.39, 0.29) is 5.91 Å². The number of fused-ring (bicyclic) bond motifs is 1. The molecule has 0 bridgehead atoms. The summed E-state index contributed by atoms with van der Waals surface area (Å²) < 4.78 is 3.81. The summed E-state index contributed by atoms with van der Waals surface area (Å²) in [7, 11) is 0. The number of aryl methyl sites for hydroxylation is 2. The summed E-state index contributed by atoms with van der Waals surface area (Å²) in [4.78, 5) is 16.0. The molecule has 1 N–H and O–H groups in total. The highest BCUT2D eigenvalue weighted by Gasteiger charge is 2.12. The van der Waals surface area contributed by atoms with Crippen molar-refractivity contribution in [2.24, 2.45) is 0 Å². The van der Waals surface area contributed by atoms with Gasteiger partial charge in [0.2, 0.25) is 0 Å². The third-order valence-corrected chi connectivity index (χ3v) is 3.52. The molecular weight excluding hydrogens is 280 g/mol. The van der Waals surface area contributed by atoms with Crippen molar-refractivity contribution in [3.05, 3.63) is 42.0 Å². The van der Waals surface area contributed by atoms with E-state index >= 15 is 0 Å². The number of aromatic nitrogens is 5. The standard InChI is InChI=1S/C15H18N6O/c1-3-20-13-10-18-21(14(13)11(2)19-20)9-8-17-15(22)12-6-4-5-7-16-12/h4-7,10H,3,8-9H2,1-2H3,(H,17,22). The van der Waals surface area contributed by atoms with Gasteiger partial charge in [-0.25, -0.2) is 0 Å². The minimum absolute atomic E-state index is 0.176. The molecule has 1 amide bonds. The highest BCUT2D eigenvalue weighted by Crippen LogP contribution is 2.17. The molecule has 0 aliphatic heterocycles. The van der Waals surface area contributed by atoms with E-state index in [1.165, 1.54) is 0 Å². The smallest absolute Gasteiger partial charge is 0.269 e. The number of amides is 1. The van der Waals surface area contributed by atoms with E-state index in [2.05, 4.69) is 27.4 Å². The van der Waals surface area contributed by atoms with Crippen molar-refractivity contribution in [3.8, 4) is 0 Å². The van der Waals surface area contributed by atoms with Crippen LogP contribution in [-0.4, -0.2) is 37.0 Å². The second-order valence-corrected chi connectivity index (χ2v) is 4.97. The number of hydrogen-bond acceptors (Lipinski definition) is 4. The largest absolute Gasteiger partial charge is 0.349 e. The average Bonchev–Trinajstić information content (AvgIpc) is 3.10. The quantitative estimate of drug-likeness (QED) is 0.772. The van der Waals surface area contributed by atoms with Gasteiger partial charge >= 0.3 is 0 Å². The molecule has 7 heteroatoms. The summed E-state index contributed by atoms with van der Waals surface area (Å²) in [6.45, 7) is 5.92. The van der Waals surface area contributed by atoms with Crippen molar-refractivity contribution in [2.75, 3.05) is 6.54 Å². The molecule has 3 rings (SSSR count). The van der Waals surface area contributed by atoms with Crippen LogP contribution in [-0.2, 0) is 13.1 Å². The summed E-state index contributed by atoms with van der Waals surface area (Å²) in [6, 6.07) is 5.27. The zero-order valence-electron chi connectivity index (χ0n) is 12.7. The van der Waals surface area contributed by atoms with Crippen molar-refractivity contribution in [3.63, 3.8) is 0 Å². The number of carbonyl (C=O) groups is 1. The summed E-state index contributed by atoms with van der Waals surface area (Å²) in [5.74, 6) is -0.176. The van der Waals surface area contributed by atoms with Crippen molar-refractivity contribution in [1.82, 2.24) is 29.9 Å². The fraction of sp³-hybridized carbons (Fsp3) is 0.333. The Balaban J connectivity index is 1.67. The Morgan fingerprint density at radius 1 is 1.32 bits per heavy atom. The van der Waals surface area contributed by atoms with Gasteiger partial charge in [-0.1, -0.05) is 6.07 Å². The topological polar surface area (TPSA) is 77.6 Å². The van der Waals surface area contributed by atoms with E-state index in [9.17, 15) is 4.79 Å². The zero-order chi connectivity index (χ0) is 15.5. The molecule has 114 valence electrons. The number of nitrogens with one attached hydrogen (secondary N) is 1. The summed E-state index contributed by atoms with van der Waals surface area (Å²) in [5.41, 5.74) is 3.42. The Hall–Kier alpha value is -2.70. The second kappa shape index (κ2) is 5.97. The molecule has 0 aromatic carbocycles. The van der Waals surface area contributed by atoms with Crippen molar-refractivity contribution in [2.45, 2.75) is 26.9 Å². The molecule has 0 aliphatic carbocycles. The minimum atomic E-state index is -0.176. The van der Waals surface area contributed by atoms with Crippen LogP contribution in [0.15, 0.2) is 30.6 Å². The van der Waals surface area contributed by atoms with E-state index < -0.39 is 0 Å². The van der Waals surface area contributed by atoms with Crippen LogP contribution in [0.4, 0.5) is 0 Å². The average molecular weight is 298 g/mol. The number of carbonyl (C=O) groups excluding carboxylic acids is 1. The van der Waals surface area contributed by atoms with Crippen molar-refractivity contribution >= 4 is 16.9 Å². The summed E-state index contributed by atoms with van der Waals surface area (Å²) in [6.07, 6.45) is 3.42. The third-order valence-electron chi connectivity index (χ3n) is 3.52. The highest BCUT2D eigenvalue weighted by atomic mass is 16.1. The molecule has 0 saturated heterocycles. The van der Waals surface area contributed by atoms with Crippen LogP contribution in [0.2, 0.25) is 0 Å². The molecule has 0 atom stereocenters. The number of rotatable bonds is 5. The van der Waals surface area contributed by atoms with Gasteiger partial charge in [0.15, 0.2) is 0 Å². The van der Waals surface area contributed by atoms with Gasteiger partial charge in [-0.05, 0) is 26.0 Å². The highest BCUT2D eigenvalue weighted by molar-refractivity contribution is 5.92. The lowest BCUT2D eigenvalue weighted by Crippen LogP contribution is -2.28. The Labute approximate surface area is 128 Å². The van der Waals surface area contributed by atoms with E-state index in [1.807, 2.05) is 22.5 Å². The van der Waals surface area contributed by atoms with Crippen LogP contribution in [0.3, 0.4) is 0 Å². The molecule has 0 radical (unpaired) electrons. The Bertz CT molecular complexity index is 789. The molecule has 3 aromatic heterocycles. The van der Waals surface area contributed by atoms with Gasteiger partial charge < -0.3 is 5.32 Å². The van der Waals surface area contributed by atoms with Crippen LogP contribution in [0.5, 0.6) is 0 Å². The van der Waals surface area contributed by atoms with Gasteiger partial charge in [0, 0.05) is 19.3 Å². The fourth-order valence-corrected chi connectivity index (χ4v) is 2.49. The van der Waals surface area contributed by atoms with Gasteiger partial charge in [-0.15, -0.1) is 0 Å². The zero-order valence-corrected chi connectivity index (χ0v) is 12.7. The van der Waals surface area contributed by atoms with E-state index in [4.69, 9.17) is 0 Å². The maximum atomic E-state index is 11.9. The number of hydrogen-bond donors (Lipinski definition) is 1. The molecular formula is C15H18N6O. The van der Waals surface area contributed by atoms with E-state index in [1.54, 1.807) is 24.4 Å². The summed E-state index contributed by atoms with van der Waals surface area (Å²) >= 11 is 0. The normalized spacial score (nSPS) is 11.0. The number of nitrogens with zero attached hydrogens (tertiary/aromatic N) is 5. The third kappa shape index (κ3) is 2.57. The monoisotopic (exact) mass is 298 g/mol. The molecule has 0 fully saturated rings. The van der Waals surface area contributed by atoms with Crippen LogP contribution in [0.1, 0.15) is 23.1 Å². The first kappa shape index (κ1) is 14.2. The van der Waals surface area contributed by atoms with Gasteiger partial charge in [0.25, 0.3) is 5.91 Å². The molecule has 7 nitrogen and oxygen atoms in total. The SMILES string of the molecule is CCn1nc(C)c2c1cnn2CCNC(=O)c1ccccn1. The lowest BCUT2D eigenvalue weighted by Gasteiger charge is -2.05. The van der Waals surface area contributed by atoms with Gasteiger partial charge in [0.05, 0.1) is 18.4 Å². The number of pyridine rings is 1. The van der Waals surface area contributed by atoms with E-state index in [0.717, 1.165) is 23.3 Å². The van der Waals surface area contributed by atoms with Crippen LogP contribution < -0.4 is 5.32 Å². The molecule has 0 saturated carbocycles. The molecule has 0 unspecified atom stereocenters. The van der Waals surface area contributed by atoms with Gasteiger partial charge in [0.1, 0.15) is 16.7 Å².